The minimum absolute atomic E-state index is 0.446. The van der Waals surface area contributed by atoms with Crippen molar-refractivity contribution in [1.82, 2.24) is 5.32 Å². The SMILES string of the molecule is CCNC(COc1cc(OC)cc(OC)c1)C1CC1. The topological polar surface area (TPSA) is 39.7 Å². The highest BCUT2D eigenvalue weighted by Crippen LogP contribution is 2.33. The molecule has 0 amide bonds. The van der Waals surface area contributed by atoms with Crippen LogP contribution in [0.2, 0.25) is 0 Å². The molecule has 1 aromatic carbocycles. The van der Waals surface area contributed by atoms with Gasteiger partial charge in [0, 0.05) is 24.2 Å². The Morgan fingerprint density at radius 2 is 1.68 bits per heavy atom. The maximum absolute atomic E-state index is 5.88. The highest BCUT2D eigenvalue weighted by molar-refractivity contribution is 5.42. The van der Waals surface area contributed by atoms with Crippen LogP contribution in [-0.2, 0) is 0 Å². The predicted octanol–water partition coefficient (Wildman–Crippen LogP) is 2.47. The monoisotopic (exact) mass is 265 g/mol. The van der Waals surface area contributed by atoms with Gasteiger partial charge in [-0.15, -0.1) is 0 Å². The average molecular weight is 265 g/mol. The minimum Gasteiger partial charge on any atom is -0.496 e. The summed E-state index contributed by atoms with van der Waals surface area (Å²) in [6.07, 6.45) is 2.62. The van der Waals surface area contributed by atoms with E-state index in [9.17, 15) is 0 Å². The molecule has 19 heavy (non-hydrogen) atoms. The maximum atomic E-state index is 5.88. The zero-order valence-corrected chi connectivity index (χ0v) is 11.9. The Hall–Kier alpha value is -1.42. The molecule has 1 N–H and O–H groups in total. The van der Waals surface area contributed by atoms with Gasteiger partial charge in [0.05, 0.1) is 14.2 Å². The fraction of sp³-hybridized carbons (Fsp3) is 0.600. The summed E-state index contributed by atoms with van der Waals surface area (Å²) in [5, 5.41) is 3.48. The molecule has 0 aromatic heterocycles. The molecule has 1 saturated carbocycles. The van der Waals surface area contributed by atoms with Crippen molar-refractivity contribution < 1.29 is 14.2 Å². The standard InChI is InChI=1S/C15H23NO3/c1-4-16-15(11-5-6-11)10-19-14-8-12(17-2)7-13(9-14)18-3/h7-9,11,15-16H,4-6,10H2,1-3H3. The van der Waals surface area contributed by atoms with Gasteiger partial charge in [-0.2, -0.15) is 0 Å². The van der Waals surface area contributed by atoms with Crippen LogP contribution < -0.4 is 19.5 Å². The summed E-state index contributed by atoms with van der Waals surface area (Å²) in [4.78, 5) is 0. The molecule has 0 spiro atoms. The van der Waals surface area contributed by atoms with Crippen molar-refractivity contribution in [3.8, 4) is 17.2 Å². The minimum atomic E-state index is 0.446. The van der Waals surface area contributed by atoms with Crippen molar-refractivity contribution >= 4 is 0 Å². The van der Waals surface area contributed by atoms with Crippen molar-refractivity contribution in [2.75, 3.05) is 27.4 Å². The summed E-state index contributed by atoms with van der Waals surface area (Å²) < 4.78 is 16.4. The molecule has 2 rings (SSSR count). The van der Waals surface area contributed by atoms with Crippen LogP contribution in [0.3, 0.4) is 0 Å². The van der Waals surface area contributed by atoms with E-state index in [1.54, 1.807) is 14.2 Å². The van der Waals surface area contributed by atoms with Crippen molar-refractivity contribution in [2.45, 2.75) is 25.8 Å². The Kier molecular flexibility index (Phi) is 4.91. The number of hydrogen-bond acceptors (Lipinski definition) is 4. The zero-order valence-electron chi connectivity index (χ0n) is 11.9. The first-order chi connectivity index (χ1) is 9.26. The first kappa shape index (κ1) is 14.0. The van der Waals surface area contributed by atoms with Crippen LogP contribution in [0, 0.1) is 5.92 Å². The maximum Gasteiger partial charge on any atom is 0.126 e. The summed E-state index contributed by atoms with van der Waals surface area (Å²) in [7, 11) is 3.29. The van der Waals surface area contributed by atoms with Gasteiger partial charge in [0.1, 0.15) is 23.9 Å². The Morgan fingerprint density at radius 3 is 2.16 bits per heavy atom. The lowest BCUT2D eigenvalue weighted by Gasteiger charge is -2.18. The van der Waals surface area contributed by atoms with E-state index in [0.29, 0.717) is 12.6 Å². The molecular formula is C15H23NO3. The Bertz CT molecular complexity index is 382. The van der Waals surface area contributed by atoms with Crippen molar-refractivity contribution in [1.29, 1.82) is 0 Å². The fourth-order valence-electron chi connectivity index (χ4n) is 2.17. The van der Waals surface area contributed by atoms with E-state index in [1.165, 1.54) is 12.8 Å². The Morgan fingerprint density at radius 1 is 1.11 bits per heavy atom. The average Bonchev–Trinajstić information content (AvgIpc) is 3.27. The number of likely N-dealkylation sites (N-methyl/N-ethyl adjacent to an activating group) is 1. The van der Waals surface area contributed by atoms with Crippen LogP contribution in [0.4, 0.5) is 0 Å². The molecule has 1 aliphatic rings. The second kappa shape index (κ2) is 6.66. The van der Waals surface area contributed by atoms with Gasteiger partial charge in [-0.1, -0.05) is 6.92 Å². The van der Waals surface area contributed by atoms with Crippen molar-refractivity contribution in [3.05, 3.63) is 18.2 Å². The quantitative estimate of drug-likeness (QED) is 0.784. The van der Waals surface area contributed by atoms with E-state index in [1.807, 2.05) is 18.2 Å². The number of hydrogen-bond donors (Lipinski definition) is 1. The Balaban J connectivity index is 1.97. The van der Waals surface area contributed by atoms with Gasteiger partial charge in [-0.3, -0.25) is 0 Å². The van der Waals surface area contributed by atoms with E-state index >= 15 is 0 Å². The van der Waals surface area contributed by atoms with Crippen LogP contribution in [-0.4, -0.2) is 33.4 Å². The smallest absolute Gasteiger partial charge is 0.126 e. The molecule has 4 heteroatoms. The van der Waals surface area contributed by atoms with Crippen LogP contribution in [0.25, 0.3) is 0 Å². The first-order valence-corrected chi connectivity index (χ1v) is 6.86. The largest absolute Gasteiger partial charge is 0.496 e. The van der Waals surface area contributed by atoms with Crippen molar-refractivity contribution in [3.63, 3.8) is 0 Å². The second-order valence-corrected chi connectivity index (χ2v) is 4.86. The molecule has 1 aromatic rings. The number of nitrogens with one attached hydrogen (secondary N) is 1. The third kappa shape index (κ3) is 4.03. The van der Waals surface area contributed by atoms with Crippen LogP contribution >= 0.6 is 0 Å². The van der Waals surface area contributed by atoms with Gasteiger partial charge < -0.3 is 19.5 Å². The summed E-state index contributed by atoms with van der Waals surface area (Å²) in [6.45, 7) is 3.80. The molecule has 0 aliphatic heterocycles. The summed E-state index contributed by atoms with van der Waals surface area (Å²) >= 11 is 0. The van der Waals surface area contributed by atoms with E-state index in [0.717, 1.165) is 29.7 Å². The number of benzene rings is 1. The molecule has 0 saturated heterocycles. The normalized spacial score (nSPS) is 15.9. The highest BCUT2D eigenvalue weighted by atomic mass is 16.5. The lowest BCUT2D eigenvalue weighted by Crippen LogP contribution is -2.36. The third-order valence-corrected chi connectivity index (χ3v) is 3.41. The summed E-state index contributed by atoms with van der Waals surface area (Å²) in [5.74, 6) is 3.06. The molecule has 0 heterocycles. The van der Waals surface area contributed by atoms with E-state index in [-0.39, 0.29) is 0 Å². The third-order valence-electron chi connectivity index (χ3n) is 3.41. The molecular weight excluding hydrogens is 242 g/mol. The fourth-order valence-corrected chi connectivity index (χ4v) is 2.17. The van der Waals surface area contributed by atoms with Gasteiger partial charge >= 0.3 is 0 Å². The molecule has 0 radical (unpaired) electrons. The number of rotatable bonds is 8. The number of ether oxygens (including phenoxy) is 3. The molecule has 1 unspecified atom stereocenters. The number of methoxy groups -OCH3 is 2. The molecule has 106 valence electrons. The van der Waals surface area contributed by atoms with Crippen molar-refractivity contribution in [2.24, 2.45) is 5.92 Å². The van der Waals surface area contributed by atoms with E-state index in [2.05, 4.69) is 12.2 Å². The van der Waals surface area contributed by atoms with Gasteiger partial charge in [0.25, 0.3) is 0 Å². The van der Waals surface area contributed by atoms with Gasteiger partial charge in [0.15, 0.2) is 0 Å². The zero-order chi connectivity index (χ0) is 13.7. The van der Waals surface area contributed by atoms with E-state index < -0.39 is 0 Å². The molecule has 4 nitrogen and oxygen atoms in total. The van der Waals surface area contributed by atoms with E-state index in [4.69, 9.17) is 14.2 Å². The predicted molar refractivity (Wildman–Crippen MR) is 75.2 cm³/mol. The lowest BCUT2D eigenvalue weighted by molar-refractivity contribution is 0.249. The Labute approximate surface area is 115 Å². The van der Waals surface area contributed by atoms with Crippen LogP contribution in [0.5, 0.6) is 17.2 Å². The summed E-state index contributed by atoms with van der Waals surface area (Å²) in [6, 6.07) is 6.06. The lowest BCUT2D eigenvalue weighted by atomic mass is 10.2. The van der Waals surface area contributed by atoms with Crippen LogP contribution in [0.15, 0.2) is 18.2 Å². The highest BCUT2D eigenvalue weighted by Gasteiger charge is 2.31. The second-order valence-electron chi connectivity index (χ2n) is 4.86. The molecule has 1 aliphatic carbocycles. The van der Waals surface area contributed by atoms with Gasteiger partial charge in [-0.05, 0) is 25.3 Å². The molecule has 1 fully saturated rings. The molecule has 0 bridgehead atoms. The molecule has 1 atom stereocenters. The van der Waals surface area contributed by atoms with Gasteiger partial charge in [-0.25, -0.2) is 0 Å². The van der Waals surface area contributed by atoms with Crippen LogP contribution in [0.1, 0.15) is 19.8 Å². The van der Waals surface area contributed by atoms with Gasteiger partial charge in [0.2, 0.25) is 0 Å². The first-order valence-electron chi connectivity index (χ1n) is 6.86. The summed E-state index contributed by atoms with van der Waals surface area (Å²) in [5.41, 5.74) is 0.